The van der Waals surface area contributed by atoms with Crippen LogP contribution in [0.15, 0.2) is 23.1 Å². The third-order valence-electron chi connectivity index (χ3n) is 3.49. The van der Waals surface area contributed by atoms with Gasteiger partial charge in [-0.3, -0.25) is 0 Å². The maximum atomic E-state index is 12.4. The molecular weight excluding hydrogens is 288 g/mol. The van der Waals surface area contributed by atoms with Gasteiger partial charge in [0.05, 0.1) is 11.5 Å². The summed E-state index contributed by atoms with van der Waals surface area (Å²) in [5.41, 5.74) is 6.74. The smallest absolute Gasteiger partial charge is 0.243 e. The highest BCUT2D eigenvalue weighted by Crippen LogP contribution is 2.29. The second kappa shape index (κ2) is 5.28. The lowest BCUT2D eigenvalue weighted by molar-refractivity contribution is 0.356. The topological polar surface area (TPSA) is 72.6 Å². The van der Waals surface area contributed by atoms with E-state index in [4.69, 9.17) is 10.5 Å². The average molecular weight is 305 g/mol. The van der Waals surface area contributed by atoms with Gasteiger partial charge < -0.3 is 10.5 Å². The molecule has 0 aliphatic carbocycles. The predicted octanol–water partition coefficient (Wildman–Crippen LogP) is 0.765. The summed E-state index contributed by atoms with van der Waals surface area (Å²) in [6.45, 7) is 1.56. The van der Waals surface area contributed by atoms with E-state index in [9.17, 15) is 8.42 Å². The van der Waals surface area contributed by atoms with E-state index in [0.29, 0.717) is 24.6 Å². The molecule has 2 aliphatic heterocycles. The Morgan fingerprint density at radius 2 is 2.16 bits per heavy atom. The van der Waals surface area contributed by atoms with Gasteiger partial charge in [0.2, 0.25) is 10.0 Å². The molecule has 2 heterocycles. The molecule has 0 aromatic heterocycles. The molecule has 0 bridgehead atoms. The van der Waals surface area contributed by atoms with Crippen LogP contribution in [0.25, 0.3) is 0 Å². The first-order chi connectivity index (χ1) is 8.57. The van der Waals surface area contributed by atoms with Crippen LogP contribution in [-0.2, 0) is 16.4 Å². The first-order valence-electron chi connectivity index (χ1n) is 6.09. The highest BCUT2D eigenvalue weighted by atomic mass is 35.5. The Kier molecular flexibility index (Phi) is 4.06. The van der Waals surface area contributed by atoms with Gasteiger partial charge in [0.15, 0.2) is 0 Å². The number of nitrogens with two attached hydrogens (primary N) is 1. The van der Waals surface area contributed by atoms with Gasteiger partial charge in [0.25, 0.3) is 0 Å². The molecule has 1 aromatic carbocycles. The second-order valence-electron chi connectivity index (χ2n) is 4.78. The van der Waals surface area contributed by atoms with Crippen molar-refractivity contribution in [3.05, 3.63) is 23.8 Å². The number of rotatable bonds is 2. The standard InChI is InChI=1S/C12H16N2O3S.ClH/c13-10-3-5-14(8-10)18(15,16)11-1-2-12-9(7-11)4-6-17-12;/h1-2,7,10H,3-6,8,13H2;1H. The monoisotopic (exact) mass is 304 g/mol. The maximum absolute atomic E-state index is 12.4. The zero-order valence-corrected chi connectivity index (χ0v) is 12.0. The molecule has 1 saturated heterocycles. The van der Waals surface area contributed by atoms with E-state index < -0.39 is 10.0 Å². The van der Waals surface area contributed by atoms with Gasteiger partial charge in [-0.15, -0.1) is 12.4 Å². The lowest BCUT2D eigenvalue weighted by atomic mass is 10.2. The van der Waals surface area contributed by atoms with E-state index in [1.807, 2.05) is 0 Å². The Labute approximate surface area is 119 Å². The zero-order chi connectivity index (χ0) is 12.8. The third kappa shape index (κ3) is 2.58. The summed E-state index contributed by atoms with van der Waals surface area (Å²) in [5.74, 6) is 0.798. The summed E-state index contributed by atoms with van der Waals surface area (Å²) in [6, 6.07) is 5.04. The Balaban J connectivity index is 0.00000133. The summed E-state index contributed by atoms with van der Waals surface area (Å²) in [7, 11) is -3.40. The molecule has 106 valence electrons. The van der Waals surface area contributed by atoms with Crippen molar-refractivity contribution in [2.75, 3.05) is 19.7 Å². The average Bonchev–Trinajstić information content (AvgIpc) is 2.96. The highest BCUT2D eigenvalue weighted by Gasteiger charge is 2.31. The third-order valence-corrected chi connectivity index (χ3v) is 5.35. The van der Waals surface area contributed by atoms with E-state index >= 15 is 0 Å². The SMILES string of the molecule is Cl.NC1CCN(S(=O)(=O)c2ccc3c(c2)CCO3)C1. The van der Waals surface area contributed by atoms with Gasteiger partial charge in [-0.25, -0.2) is 8.42 Å². The normalized spacial score (nSPS) is 22.7. The van der Waals surface area contributed by atoms with Crippen LogP contribution in [-0.4, -0.2) is 38.5 Å². The van der Waals surface area contributed by atoms with E-state index in [1.54, 1.807) is 18.2 Å². The Bertz CT molecular complexity index is 576. The molecule has 1 unspecified atom stereocenters. The van der Waals surface area contributed by atoms with Crippen LogP contribution in [0, 0.1) is 0 Å². The van der Waals surface area contributed by atoms with Gasteiger partial charge >= 0.3 is 0 Å². The Morgan fingerprint density at radius 3 is 2.84 bits per heavy atom. The van der Waals surface area contributed by atoms with E-state index in [-0.39, 0.29) is 18.4 Å². The number of fused-ring (bicyclic) bond motifs is 1. The molecule has 1 fully saturated rings. The first kappa shape index (κ1) is 14.6. The molecule has 0 spiro atoms. The molecule has 1 aromatic rings. The van der Waals surface area contributed by atoms with E-state index in [2.05, 4.69) is 0 Å². The van der Waals surface area contributed by atoms with Crippen LogP contribution >= 0.6 is 12.4 Å². The van der Waals surface area contributed by atoms with E-state index in [1.165, 1.54) is 4.31 Å². The first-order valence-corrected chi connectivity index (χ1v) is 7.53. The van der Waals surface area contributed by atoms with Gasteiger partial charge in [-0.2, -0.15) is 4.31 Å². The summed E-state index contributed by atoms with van der Waals surface area (Å²) >= 11 is 0. The number of hydrogen-bond acceptors (Lipinski definition) is 4. The summed E-state index contributed by atoms with van der Waals surface area (Å²) < 4.78 is 31.7. The van der Waals surface area contributed by atoms with Crippen molar-refractivity contribution in [3.63, 3.8) is 0 Å². The van der Waals surface area contributed by atoms with Gasteiger partial charge in [-0.1, -0.05) is 0 Å². The van der Waals surface area contributed by atoms with Crippen molar-refractivity contribution in [3.8, 4) is 5.75 Å². The fourth-order valence-electron chi connectivity index (χ4n) is 2.44. The molecule has 1 atom stereocenters. The van der Waals surface area contributed by atoms with Crippen LogP contribution in [0.3, 0.4) is 0 Å². The largest absolute Gasteiger partial charge is 0.493 e. The minimum absolute atomic E-state index is 0. The Morgan fingerprint density at radius 1 is 1.37 bits per heavy atom. The highest BCUT2D eigenvalue weighted by molar-refractivity contribution is 7.89. The fourth-order valence-corrected chi connectivity index (χ4v) is 4.01. The molecular formula is C12H17ClN2O3S. The summed E-state index contributed by atoms with van der Waals surface area (Å²) in [6.07, 6.45) is 1.51. The molecule has 5 nitrogen and oxygen atoms in total. The van der Waals surface area contributed by atoms with Crippen molar-refractivity contribution in [1.82, 2.24) is 4.31 Å². The maximum Gasteiger partial charge on any atom is 0.243 e. The molecule has 2 N–H and O–H groups in total. The van der Waals surface area contributed by atoms with Gasteiger partial charge in [0.1, 0.15) is 5.75 Å². The summed E-state index contributed by atoms with van der Waals surface area (Å²) in [5, 5.41) is 0. The van der Waals surface area contributed by atoms with Crippen molar-refractivity contribution >= 4 is 22.4 Å². The van der Waals surface area contributed by atoms with Crippen LogP contribution in [0.2, 0.25) is 0 Å². The van der Waals surface area contributed by atoms with Crippen molar-refractivity contribution < 1.29 is 13.2 Å². The van der Waals surface area contributed by atoms with Crippen molar-refractivity contribution in [2.24, 2.45) is 5.73 Å². The number of ether oxygens (including phenoxy) is 1. The lowest BCUT2D eigenvalue weighted by Gasteiger charge is -2.16. The number of hydrogen-bond donors (Lipinski definition) is 1. The lowest BCUT2D eigenvalue weighted by Crippen LogP contribution is -2.32. The molecule has 7 heteroatoms. The van der Waals surface area contributed by atoms with Crippen LogP contribution in [0.5, 0.6) is 5.75 Å². The summed E-state index contributed by atoms with van der Waals surface area (Å²) in [4.78, 5) is 0.348. The molecule has 3 rings (SSSR count). The quantitative estimate of drug-likeness (QED) is 0.876. The predicted molar refractivity (Wildman–Crippen MR) is 74.2 cm³/mol. The molecule has 0 saturated carbocycles. The number of benzene rings is 1. The molecule has 2 aliphatic rings. The molecule has 19 heavy (non-hydrogen) atoms. The van der Waals surface area contributed by atoms with Gasteiger partial charge in [-0.05, 0) is 30.2 Å². The molecule has 0 amide bonds. The van der Waals surface area contributed by atoms with Crippen molar-refractivity contribution in [1.29, 1.82) is 0 Å². The fraction of sp³-hybridized carbons (Fsp3) is 0.500. The van der Waals surface area contributed by atoms with Crippen LogP contribution < -0.4 is 10.5 Å². The minimum atomic E-state index is -3.40. The van der Waals surface area contributed by atoms with Crippen LogP contribution in [0.4, 0.5) is 0 Å². The van der Waals surface area contributed by atoms with Crippen molar-refractivity contribution in [2.45, 2.75) is 23.8 Å². The van der Waals surface area contributed by atoms with Gasteiger partial charge in [0, 0.05) is 25.6 Å². The number of halogens is 1. The van der Waals surface area contributed by atoms with Crippen LogP contribution in [0.1, 0.15) is 12.0 Å². The Hall–Kier alpha value is -0.820. The molecule has 0 radical (unpaired) electrons. The minimum Gasteiger partial charge on any atom is -0.493 e. The number of nitrogens with zero attached hydrogens (tertiary/aromatic N) is 1. The second-order valence-corrected chi connectivity index (χ2v) is 6.72. The zero-order valence-electron chi connectivity index (χ0n) is 10.4. The number of sulfonamides is 1. The van der Waals surface area contributed by atoms with E-state index in [0.717, 1.165) is 24.2 Å².